The van der Waals surface area contributed by atoms with Crippen LogP contribution in [0.15, 0.2) is 30.3 Å². The van der Waals surface area contributed by atoms with Crippen LogP contribution in [0.4, 0.5) is 0 Å². The van der Waals surface area contributed by atoms with Gasteiger partial charge in [0.1, 0.15) is 11.3 Å². The second kappa shape index (κ2) is 9.58. The molecule has 2 aromatic rings. The number of fused-ring (bicyclic) bond motifs is 4. The maximum absolute atomic E-state index is 14.4. The van der Waals surface area contributed by atoms with Gasteiger partial charge in [-0.15, -0.1) is 0 Å². The molecule has 37 heavy (non-hydrogen) atoms. The van der Waals surface area contributed by atoms with Gasteiger partial charge in [-0.3, -0.25) is 9.59 Å². The second-order valence-electron chi connectivity index (χ2n) is 10.9. The number of ether oxygens (including phenoxy) is 3. The zero-order chi connectivity index (χ0) is 25.6. The topological polar surface area (TPSA) is 77.1 Å². The number of benzene rings is 2. The van der Waals surface area contributed by atoms with E-state index in [2.05, 4.69) is 5.32 Å². The summed E-state index contributed by atoms with van der Waals surface area (Å²) in [5.41, 5.74) is 1.72. The van der Waals surface area contributed by atoms with E-state index in [1.807, 2.05) is 42.2 Å². The van der Waals surface area contributed by atoms with Crippen molar-refractivity contribution >= 4 is 11.8 Å². The van der Waals surface area contributed by atoms with Crippen molar-refractivity contribution in [2.75, 3.05) is 20.3 Å². The molecule has 196 valence electrons. The Morgan fingerprint density at radius 3 is 2.30 bits per heavy atom. The van der Waals surface area contributed by atoms with Crippen molar-refractivity contribution in [3.63, 3.8) is 0 Å². The molecule has 6 rings (SSSR count). The molecule has 2 saturated carbocycles. The Hall–Kier alpha value is -3.22. The van der Waals surface area contributed by atoms with Gasteiger partial charge in [0.25, 0.3) is 11.8 Å². The third kappa shape index (κ3) is 4.22. The number of rotatable bonds is 4. The monoisotopic (exact) mass is 504 g/mol. The van der Waals surface area contributed by atoms with Crippen LogP contribution in [0, 0.1) is 0 Å². The lowest BCUT2D eigenvalue weighted by Crippen LogP contribution is -2.58. The lowest BCUT2D eigenvalue weighted by Gasteiger charge is -2.41. The van der Waals surface area contributed by atoms with Gasteiger partial charge in [-0.1, -0.05) is 25.7 Å². The van der Waals surface area contributed by atoms with Gasteiger partial charge in [0.05, 0.1) is 20.3 Å². The normalized spacial score (nSPS) is 23.7. The highest BCUT2D eigenvalue weighted by Gasteiger charge is 2.53. The standard InChI is InChI=1S/C30H36N2O5/c1-30(29(34)31-19-8-5-3-4-6-9-19)25-18-27-26(36-14-7-15-37-27)17-24(25)23-16-21(35-2)12-13-22(23)28(33)32(30)20-10-11-20/h12-13,16-20H,3-11,14-15H2,1-2H3,(H,31,34). The molecule has 0 radical (unpaired) electrons. The predicted molar refractivity (Wildman–Crippen MR) is 140 cm³/mol. The molecule has 1 unspecified atom stereocenters. The van der Waals surface area contributed by atoms with E-state index >= 15 is 0 Å². The van der Waals surface area contributed by atoms with Crippen LogP contribution in [-0.4, -0.2) is 49.1 Å². The van der Waals surface area contributed by atoms with E-state index in [0.29, 0.717) is 36.0 Å². The van der Waals surface area contributed by atoms with E-state index in [-0.39, 0.29) is 23.9 Å². The van der Waals surface area contributed by atoms with E-state index in [9.17, 15) is 9.59 Å². The van der Waals surface area contributed by atoms with Crippen LogP contribution in [-0.2, 0) is 10.3 Å². The molecule has 2 aromatic carbocycles. The fraction of sp³-hybridized carbons (Fsp3) is 0.533. The first-order chi connectivity index (χ1) is 18.0. The summed E-state index contributed by atoms with van der Waals surface area (Å²) in [7, 11) is 1.62. The third-order valence-corrected chi connectivity index (χ3v) is 8.40. The first kappa shape index (κ1) is 24.1. The van der Waals surface area contributed by atoms with Crippen LogP contribution in [0.25, 0.3) is 11.1 Å². The quantitative estimate of drug-likeness (QED) is 0.580. The molecular formula is C30H36N2O5. The van der Waals surface area contributed by atoms with Crippen molar-refractivity contribution in [1.29, 1.82) is 0 Å². The highest BCUT2D eigenvalue weighted by Crippen LogP contribution is 2.50. The van der Waals surface area contributed by atoms with E-state index in [0.717, 1.165) is 61.6 Å². The molecule has 2 amide bonds. The molecule has 0 saturated heterocycles. The molecule has 0 aromatic heterocycles. The van der Waals surface area contributed by atoms with Crippen molar-refractivity contribution in [2.45, 2.75) is 82.3 Å². The van der Waals surface area contributed by atoms with Crippen molar-refractivity contribution in [1.82, 2.24) is 10.2 Å². The van der Waals surface area contributed by atoms with Crippen LogP contribution in [0.3, 0.4) is 0 Å². The molecule has 2 fully saturated rings. The van der Waals surface area contributed by atoms with Crippen LogP contribution >= 0.6 is 0 Å². The van der Waals surface area contributed by atoms with Crippen LogP contribution < -0.4 is 19.5 Å². The minimum absolute atomic E-state index is 0.0225. The molecule has 0 bridgehead atoms. The van der Waals surface area contributed by atoms with Gasteiger partial charge in [-0.25, -0.2) is 0 Å². The van der Waals surface area contributed by atoms with Gasteiger partial charge in [-0.05, 0) is 79.6 Å². The molecule has 7 heteroatoms. The number of methoxy groups -OCH3 is 1. The third-order valence-electron chi connectivity index (χ3n) is 8.40. The molecule has 4 aliphatic rings. The molecule has 2 aliphatic carbocycles. The number of nitrogens with one attached hydrogen (secondary N) is 1. The van der Waals surface area contributed by atoms with Crippen LogP contribution in [0.1, 0.15) is 80.6 Å². The van der Waals surface area contributed by atoms with Gasteiger partial charge >= 0.3 is 0 Å². The van der Waals surface area contributed by atoms with Gasteiger partial charge in [0.2, 0.25) is 0 Å². The fourth-order valence-corrected chi connectivity index (χ4v) is 6.20. The summed E-state index contributed by atoms with van der Waals surface area (Å²) < 4.78 is 17.7. The molecular weight excluding hydrogens is 468 g/mol. The Balaban J connectivity index is 1.55. The highest BCUT2D eigenvalue weighted by molar-refractivity contribution is 6.08. The predicted octanol–water partition coefficient (Wildman–Crippen LogP) is 5.20. The van der Waals surface area contributed by atoms with E-state index in [1.54, 1.807) is 7.11 Å². The minimum atomic E-state index is -1.20. The smallest absolute Gasteiger partial charge is 0.255 e. The molecule has 0 spiro atoms. The van der Waals surface area contributed by atoms with Gasteiger partial charge in [0.15, 0.2) is 11.5 Å². The van der Waals surface area contributed by atoms with E-state index in [4.69, 9.17) is 14.2 Å². The molecule has 7 nitrogen and oxygen atoms in total. The number of amides is 2. The summed E-state index contributed by atoms with van der Waals surface area (Å²) in [6, 6.07) is 9.59. The largest absolute Gasteiger partial charge is 0.497 e. The molecule has 2 aliphatic heterocycles. The van der Waals surface area contributed by atoms with Gasteiger partial charge < -0.3 is 24.4 Å². The molecule has 2 heterocycles. The average Bonchev–Trinajstić information content (AvgIpc) is 3.77. The Bertz CT molecular complexity index is 1210. The zero-order valence-electron chi connectivity index (χ0n) is 21.8. The highest BCUT2D eigenvalue weighted by atomic mass is 16.5. The van der Waals surface area contributed by atoms with Crippen molar-refractivity contribution in [2.24, 2.45) is 0 Å². The van der Waals surface area contributed by atoms with Gasteiger partial charge in [0, 0.05) is 24.1 Å². The van der Waals surface area contributed by atoms with Crippen molar-refractivity contribution < 1.29 is 23.8 Å². The number of carbonyl (C=O) groups excluding carboxylic acids is 2. The Kier molecular flexibility index (Phi) is 6.25. The van der Waals surface area contributed by atoms with E-state index < -0.39 is 5.54 Å². The zero-order valence-corrected chi connectivity index (χ0v) is 21.8. The van der Waals surface area contributed by atoms with Gasteiger partial charge in [-0.2, -0.15) is 0 Å². The van der Waals surface area contributed by atoms with Crippen molar-refractivity contribution in [3.05, 3.63) is 41.5 Å². The lowest BCUT2D eigenvalue weighted by atomic mass is 9.83. The maximum Gasteiger partial charge on any atom is 0.255 e. The number of carbonyl (C=O) groups is 2. The number of hydrogen-bond donors (Lipinski definition) is 1. The van der Waals surface area contributed by atoms with E-state index in [1.165, 1.54) is 12.8 Å². The summed E-state index contributed by atoms with van der Waals surface area (Å²) in [6.45, 7) is 3.02. The fourth-order valence-electron chi connectivity index (χ4n) is 6.20. The Labute approximate surface area is 218 Å². The summed E-state index contributed by atoms with van der Waals surface area (Å²) in [5.74, 6) is 1.69. The first-order valence-electron chi connectivity index (χ1n) is 13.8. The Morgan fingerprint density at radius 1 is 0.919 bits per heavy atom. The SMILES string of the molecule is COc1ccc2c(c1)-c1cc3c(cc1C(C)(C(=O)NC1CCCCCC1)N(C1CC1)C2=O)OCCCO3. The average molecular weight is 505 g/mol. The number of nitrogens with zero attached hydrogens (tertiary/aromatic N) is 1. The maximum atomic E-state index is 14.4. The van der Waals surface area contributed by atoms with Crippen LogP contribution in [0.2, 0.25) is 0 Å². The minimum Gasteiger partial charge on any atom is -0.497 e. The Morgan fingerprint density at radius 2 is 1.62 bits per heavy atom. The lowest BCUT2D eigenvalue weighted by molar-refractivity contribution is -0.133. The second-order valence-corrected chi connectivity index (χ2v) is 10.9. The summed E-state index contributed by atoms with van der Waals surface area (Å²) in [4.78, 5) is 30.5. The molecule has 1 atom stereocenters. The summed E-state index contributed by atoms with van der Waals surface area (Å²) in [6.07, 6.45) is 9.18. The molecule has 1 N–H and O–H groups in total. The summed E-state index contributed by atoms with van der Waals surface area (Å²) in [5, 5.41) is 3.38. The van der Waals surface area contributed by atoms with Crippen molar-refractivity contribution in [3.8, 4) is 28.4 Å². The summed E-state index contributed by atoms with van der Waals surface area (Å²) >= 11 is 0. The first-order valence-corrected chi connectivity index (χ1v) is 13.8. The van der Waals surface area contributed by atoms with Crippen LogP contribution in [0.5, 0.6) is 17.2 Å². The number of hydrogen-bond acceptors (Lipinski definition) is 5.